The van der Waals surface area contributed by atoms with Gasteiger partial charge in [-0.2, -0.15) is 0 Å². The van der Waals surface area contributed by atoms with Crippen molar-refractivity contribution in [2.24, 2.45) is 4.99 Å². The van der Waals surface area contributed by atoms with Crippen molar-refractivity contribution in [3.8, 4) is 11.5 Å². The summed E-state index contributed by atoms with van der Waals surface area (Å²) in [5.41, 5.74) is 4.65. The van der Waals surface area contributed by atoms with Crippen LogP contribution in [-0.4, -0.2) is 29.9 Å². The molecular formula is C25H28N2O2. The third-order valence-electron chi connectivity index (χ3n) is 4.90. The van der Waals surface area contributed by atoms with E-state index < -0.39 is 6.10 Å². The van der Waals surface area contributed by atoms with Crippen molar-refractivity contribution in [2.75, 3.05) is 13.6 Å². The van der Waals surface area contributed by atoms with Crippen molar-refractivity contribution in [2.45, 2.75) is 26.9 Å². The number of hydrogen-bond donors (Lipinski definition) is 1. The van der Waals surface area contributed by atoms with Crippen LogP contribution in [0.3, 0.4) is 0 Å². The molecule has 0 aromatic heterocycles. The predicted molar refractivity (Wildman–Crippen MR) is 119 cm³/mol. The van der Waals surface area contributed by atoms with E-state index in [1.807, 2.05) is 98.9 Å². The number of aliphatic hydroxyl groups excluding tert-OH is 1. The zero-order chi connectivity index (χ0) is 20.8. The number of aliphatic hydroxyl groups is 1. The fourth-order valence-electron chi connectivity index (χ4n) is 2.97. The molecule has 0 fully saturated rings. The maximum absolute atomic E-state index is 10.7. The van der Waals surface area contributed by atoms with E-state index in [9.17, 15) is 5.11 Å². The largest absolute Gasteiger partial charge is 0.457 e. The Morgan fingerprint density at radius 1 is 0.966 bits per heavy atom. The summed E-state index contributed by atoms with van der Waals surface area (Å²) >= 11 is 0. The van der Waals surface area contributed by atoms with Gasteiger partial charge in [-0.3, -0.25) is 0 Å². The molecule has 150 valence electrons. The van der Waals surface area contributed by atoms with Crippen LogP contribution in [0.25, 0.3) is 0 Å². The number of aliphatic imine (C=N–C) groups is 1. The van der Waals surface area contributed by atoms with E-state index in [1.165, 1.54) is 0 Å². The number of benzene rings is 3. The van der Waals surface area contributed by atoms with Gasteiger partial charge in [-0.05, 0) is 67.3 Å². The van der Waals surface area contributed by atoms with Gasteiger partial charge in [0.05, 0.1) is 12.0 Å². The molecule has 0 bridgehead atoms. The standard InChI is InChI=1S/C25H28N2O2/c1-5-27(4)17-26-23-14-19(3)24(15-18(23)2)29-22-13-9-12-21(16-22)25(28)20-10-7-6-8-11-20/h6-17,25,28H,5H2,1-4H3. The molecule has 0 radical (unpaired) electrons. The molecule has 0 aliphatic carbocycles. The Morgan fingerprint density at radius 2 is 1.69 bits per heavy atom. The maximum Gasteiger partial charge on any atom is 0.130 e. The van der Waals surface area contributed by atoms with Gasteiger partial charge in [0.15, 0.2) is 0 Å². The number of aryl methyl sites for hydroxylation is 2. The Morgan fingerprint density at radius 3 is 2.41 bits per heavy atom. The second-order valence-corrected chi connectivity index (χ2v) is 7.21. The van der Waals surface area contributed by atoms with Crippen LogP contribution in [0.2, 0.25) is 0 Å². The average molecular weight is 389 g/mol. The average Bonchev–Trinajstić information content (AvgIpc) is 2.75. The number of nitrogens with zero attached hydrogens (tertiary/aromatic N) is 2. The number of ether oxygens (including phenoxy) is 1. The summed E-state index contributed by atoms with van der Waals surface area (Å²) in [6.07, 6.45) is 1.16. The highest BCUT2D eigenvalue weighted by Crippen LogP contribution is 2.33. The second kappa shape index (κ2) is 9.39. The van der Waals surface area contributed by atoms with Crippen molar-refractivity contribution in [3.63, 3.8) is 0 Å². The van der Waals surface area contributed by atoms with E-state index in [0.717, 1.165) is 40.2 Å². The molecule has 0 saturated heterocycles. The minimum absolute atomic E-state index is 0.685. The number of hydrogen-bond acceptors (Lipinski definition) is 3. The van der Waals surface area contributed by atoms with Crippen molar-refractivity contribution in [3.05, 3.63) is 89.0 Å². The van der Waals surface area contributed by atoms with Crippen molar-refractivity contribution in [1.29, 1.82) is 0 Å². The lowest BCUT2D eigenvalue weighted by Crippen LogP contribution is -2.14. The summed E-state index contributed by atoms with van der Waals surface area (Å²) in [5, 5.41) is 10.7. The zero-order valence-corrected chi connectivity index (χ0v) is 17.5. The van der Waals surface area contributed by atoms with Crippen molar-refractivity contribution < 1.29 is 9.84 Å². The third kappa shape index (κ3) is 5.24. The first-order valence-corrected chi connectivity index (χ1v) is 9.84. The van der Waals surface area contributed by atoms with Crippen LogP contribution in [-0.2, 0) is 0 Å². The van der Waals surface area contributed by atoms with Gasteiger partial charge in [0, 0.05) is 13.6 Å². The molecule has 3 rings (SSSR count). The van der Waals surface area contributed by atoms with E-state index >= 15 is 0 Å². The third-order valence-corrected chi connectivity index (χ3v) is 4.90. The molecule has 0 aliphatic rings. The molecule has 4 nitrogen and oxygen atoms in total. The minimum Gasteiger partial charge on any atom is -0.457 e. The highest BCUT2D eigenvalue weighted by atomic mass is 16.5. The van der Waals surface area contributed by atoms with Crippen LogP contribution < -0.4 is 4.74 Å². The van der Waals surface area contributed by atoms with Crippen LogP contribution in [0.1, 0.15) is 35.3 Å². The smallest absolute Gasteiger partial charge is 0.130 e. The van der Waals surface area contributed by atoms with Crippen LogP contribution in [0.5, 0.6) is 11.5 Å². The highest BCUT2D eigenvalue weighted by molar-refractivity contribution is 5.64. The molecule has 0 aliphatic heterocycles. The van der Waals surface area contributed by atoms with E-state index in [0.29, 0.717) is 5.75 Å². The van der Waals surface area contributed by atoms with Gasteiger partial charge in [0.25, 0.3) is 0 Å². The first-order valence-electron chi connectivity index (χ1n) is 9.84. The Bertz CT molecular complexity index is 983. The summed E-state index contributed by atoms with van der Waals surface area (Å²) in [6.45, 7) is 7.04. The van der Waals surface area contributed by atoms with E-state index in [-0.39, 0.29) is 0 Å². The summed E-state index contributed by atoms with van der Waals surface area (Å²) in [4.78, 5) is 6.60. The van der Waals surface area contributed by atoms with Gasteiger partial charge < -0.3 is 14.7 Å². The summed E-state index contributed by atoms with van der Waals surface area (Å²) in [6, 6.07) is 21.3. The van der Waals surface area contributed by atoms with Gasteiger partial charge in [-0.1, -0.05) is 42.5 Å². The molecule has 0 amide bonds. The Labute approximate surface area is 173 Å². The second-order valence-electron chi connectivity index (χ2n) is 7.21. The first-order chi connectivity index (χ1) is 14.0. The minimum atomic E-state index is -0.685. The van der Waals surface area contributed by atoms with Crippen LogP contribution in [0, 0.1) is 13.8 Å². The molecule has 1 atom stereocenters. The van der Waals surface area contributed by atoms with E-state index in [2.05, 4.69) is 11.9 Å². The normalized spacial score (nSPS) is 12.2. The molecular weight excluding hydrogens is 360 g/mol. The van der Waals surface area contributed by atoms with Gasteiger partial charge in [0.1, 0.15) is 17.6 Å². The molecule has 1 N–H and O–H groups in total. The highest BCUT2D eigenvalue weighted by Gasteiger charge is 2.12. The zero-order valence-electron chi connectivity index (χ0n) is 17.5. The lowest BCUT2D eigenvalue weighted by Gasteiger charge is -2.15. The fraction of sp³-hybridized carbons (Fsp3) is 0.240. The summed E-state index contributed by atoms with van der Waals surface area (Å²) in [5.74, 6) is 1.48. The van der Waals surface area contributed by atoms with Crippen molar-refractivity contribution >= 4 is 12.0 Å². The monoisotopic (exact) mass is 388 g/mol. The van der Waals surface area contributed by atoms with Crippen LogP contribution in [0.15, 0.2) is 71.7 Å². The van der Waals surface area contributed by atoms with Gasteiger partial charge in [-0.15, -0.1) is 0 Å². The maximum atomic E-state index is 10.7. The lowest BCUT2D eigenvalue weighted by atomic mass is 10.0. The SMILES string of the molecule is CCN(C)C=Nc1cc(C)c(Oc2cccc(C(O)c3ccccc3)c2)cc1C. The summed E-state index contributed by atoms with van der Waals surface area (Å²) in [7, 11) is 2.00. The molecule has 0 saturated carbocycles. The molecule has 4 heteroatoms. The predicted octanol–water partition coefficient (Wildman–Crippen LogP) is 5.79. The molecule has 0 heterocycles. The van der Waals surface area contributed by atoms with Crippen LogP contribution in [0.4, 0.5) is 5.69 Å². The topological polar surface area (TPSA) is 45.1 Å². The van der Waals surface area contributed by atoms with Gasteiger partial charge in [0.2, 0.25) is 0 Å². The van der Waals surface area contributed by atoms with Gasteiger partial charge >= 0.3 is 0 Å². The van der Waals surface area contributed by atoms with Gasteiger partial charge in [-0.25, -0.2) is 4.99 Å². The van der Waals surface area contributed by atoms with E-state index in [1.54, 1.807) is 0 Å². The molecule has 0 spiro atoms. The van der Waals surface area contributed by atoms with Crippen molar-refractivity contribution in [1.82, 2.24) is 4.90 Å². The Kier molecular flexibility index (Phi) is 6.68. The van der Waals surface area contributed by atoms with E-state index in [4.69, 9.17) is 4.74 Å². The first kappa shape index (κ1) is 20.6. The molecule has 3 aromatic carbocycles. The molecule has 29 heavy (non-hydrogen) atoms. The molecule has 3 aromatic rings. The quantitative estimate of drug-likeness (QED) is 0.412. The molecule has 1 unspecified atom stereocenters. The fourth-order valence-corrected chi connectivity index (χ4v) is 2.97. The Hall–Kier alpha value is -3.11. The van der Waals surface area contributed by atoms with Crippen LogP contribution >= 0.6 is 0 Å². The summed E-state index contributed by atoms with van der Waals surface area (Å²) < 4.78 is 6.15. The number of rotatable bonds is 7. The lowest BCUT2D eigenvalue weighted by molar-refractivity contribution is 0.220. The Balaban J connectivity index is 1.81.